The van der Waals surface area contributed by atoms with Gasteiger partial charge < -0.3 is 15.6 Å². The molecule has 6 rings (SSSR count). The molecule has 0 aliphatic heterocycles. The zero-order valence-corrected chi connectivity index (χ0v) is 21.4. The molecule has 4 aromatic carbocycles. The quantitative estimate of drug-likeness (QED) is 0.221. The van der Waals surface area contributed by atoms with Crippen molar-refractivity contribution in [3.8, 4) is 11.4 Å². The van der Waals surface area contributed by atoms with Crippen molar-refractivity contribution >= 4 is 45.8 Å². The molecule has 0 spiro atoms. The fraction of sp³-hybridized carbons (Fsp3) is 0.129. The summed E-state index contributed by atoms with van der Waals surface area (Å²) < 4.78 is 0. The Balaban J connectivity index is 1.13. The lowest BCUT2D eigenvalue weighted by atomic mass is 10.1. The van der Waals surface area contributed by atoms with E-state index in [2.05, 4.69) is 32.7 Å². The highest BCUT2D eigenvalue weighted by atomic mass is 35.5. The van der Waals surface area contributed by atoms with Crippen LogP contribution in [0.1, 0.15) is 33.8 Å². The first-order valence-electron chi connectivity index (χ1n) is 12.5. The number of hydrogen-bond donors (Lipinski definition) is 3. The van der Waals surface area contributed by atoms with Gasteiger partial charge in [-0.05, 0) is 85.0 Å². The Labute approximate surface area is 225 Å². The zero-order chi connectivity index (χ0) is 26.2. The minimum atomic E-state index is -0.262. The summed E-state index contributed by atoms with van der Waals surface area (Å²) in [5.41, 5.74) is 6.55. The highest BCUT2D eigenvalue weighted by Gasteiger charge is 2.43. The molecule has 1 saturated carbocycles. The van der Waals surface area contributed by atoms with E-state index in [0.29, 0.717) is 28.0 Å². The molecular formula is C31H25ClN4O2. The van der Waals surface area contributed by atoms with Gasteiger partial charge >= 0.3 is 0 Å². The SMILES string of the molecule is Cc1ccc(C(=O)Nc2ccc(-c3nc4ccc(NC(=O)C5CC5c5ccccc5)cc4[nH]3)cc2)c(Cl)c1. The van der Waals surface area contributed by atoms with Crippen molar-refractivity contribution in [3.63, 3.8) is 0 Å². The number of hydrogen-bond acceptors (Lipinski definition) is 3. The normalized spacial score (nSPS) is 16.3. The number of halogens is 1. The maximum absolute atomic E-state index is 12.8. The first kappa shape index (κ1) is 23.9. The summed E-state index contributed by atoms with van der Waals surface area (Å²) in [6.07, 6.45) is 0.876. The number of carbonyl (C=O) groups is 2. The van der Waals surface area contributed by atoms with Crippen LogP contribution in [0.3, 0.4) is 0 Å². The summed E-state index contributed by atoms with van der Waals surface area (Å²) >= 11 is 6.23. The second kappa shape index (κ2) is 9.80. The maximum atomic E-state index is 12.8. The number of imidazole rings is 1. The van der Waals surface area contributed by atoms with Crippen LogP contribution in [-0.2, 0) is 4.79 Å². The predicted octanol–water partition coefficient (Wildman–Crippen LogP) is 7.19. The number of aryl methyl sites for hydroxylation is 1. The van der Waals surface area contributed by atoms with Gasteiger partial charge in [-0.15, -0.1) is 0 Å². The summed E-state index contributed by atoms with van der Waals surface area (Å²) in [4.78, 5) is 33.4. The number of anilines is 2. The molecule has 6 nitrogen and oxygen atoms in total. The third-order valence-electron chi connectivity index (χ3n) is 6.89. The second-order valence-corrected chi connectivity index (χ2v) is 10.1. The topological polar surface area (TPSA) is 86.9 Å². The summed E-state index contributed by atoms with van der Waals surface area (Å²) in [5.74, 6) is 0.783. The number of amides is 2. The number of H-pyrrole nitrogens is 1. The molecule has 2 unspecified atom stereocenters. The molecule has 1 heterocycles. The Hall–Kier alpha value is -4.42. The van der Waals surface area contributed by atoms with Crippen molar-refractivity contribution in [2.24, 2.45) is 5.92 Å². The monoisotopic (exact) mass is 520 g/mol. The van der Waals surface area contributed by atoms with Gasteiger partial charge in [0.2, 0.25) is 5.91 Å². The largest absolute Gasteiger partial charge is 0.338 e. The number of aromatic nitrogens is 2. The lowest BCUT2D eigenvalue weighted by Crippen LogP contribution is -2.14. The van der Waals surface area contributed by atoms with Crippen LogP contribution in [-0.4, -0.2) is 21.8 Å². The Bertz CT molecular complexity index is 1660. The fourth-order valence-electron chi connectivity index (χ4n) is 4.73. The van der Waals surface area contributed by atoms with Gasteiger partial charge in [-0.1, -0.05) is 48.0 Å². The summed E-state index contributed by atoms with van der Waals surface area (Å²) in [6.45, 7) is 1.93. The molecule has 188 valence electrons. The Morgan fingerprint density at radius 3 is 2.42 bits per heavy atom. The Kier molecular flexibility index (Phi) is 6.18. The zero-order valence-electron chi connectivity index (χ0n) is 20.7. The molecule has 38 heavy (non-hydrogen) atoms. The van der Waals surface area contributed by atoms with Crippen LogP contribution in [0.5, 0.6) is 0 Å². The number of aromatic amines is 1. The van der Waals surface area contributed by atoms with Gasteiger partial charge in [-0.25, -0.2) is 4.98 Å². The first-order valence-corrected chi connectivity index (χ1v) is 12.9. The van der Waals surface area contributed by atoms with Crippen LogP contribution in [0.2, 0.25) is 5.02 Å². The molecule has 1 aliphatic carbocycles. The van der Waals surface area contributed by atoms with Crippen LogP contribution in [0.15, 0.2) is 91.0 Å². The van der Waals surface area contributed by atoms with E-state index < -0.39 is 0 Å². The van der Waals surface area contributed by atoms with E-state index in [1.54, 1.807) is 12.1 Å². The van der Waals surface area contributed by atoms with Crippen molar-refractivity contribution in [2.45, 2.75) is 19.3 Å². The lowest BCUT2D eigenvalue weighted by molar-refractivity contribution is -0.117. The van der Waals surface area contributed by atoms with Crippen molar-refractivity contribution in [2.75, 3.05) is 10.6 Å². The van der Waals surface area contributed by atoms with Crippen molar-refractivity contribution in [3.05, 3.63) is 113 Å². The molecule has 1 aromatic heterocycles. The molecule has 2 amide bonds. The van der Waals surface area contributed by atoms with Gasteiger partial charge in [-0.3, -0.25) is 9.59 Å². The fourth-order valence-corrected chi connectivity index (χ4v) is 5.05. The molecule has 0 bridgehead atoms. The summed E-state index contributed by atoms with van der Waals surface area (Å²) in [5, 5.41) is 6.36. The standard InChI is InChI=1S/C31H25ClN4O2/c1-18-7-13-23(26(32)15-18)30(37)33-21-10-8-20(9-11-21)29-35-27-14-12-22(16-28(27)36-29)34-31(38)25-17-24(25)19-5-3-2-4-6-19/h2-16,24-25H,17H2,1H3,(H,33,37)(H,34,38)(H,35,36). The second-order valence-electron chi connectivity index (χ2n) is 9.68. The van der Waals surface area contributed by atoms with Crippen LogP contribution >= 0.6 is 11.6 Å². The number of benzene rings is 4. The van der Waals surface area contributed by atoms with Gasteiger partial charge in [0.05, 0.1) is 21.6 Å². The van der Waals surface area contributed by atoms with E-state index in [9.17, 15) is 9.59 Å². The number of rotatable bonds is 6. The molecule has 0 radical (unpaired) electrons. The molecule has 1 fully saturated rings. The van der Waals surface area contributed by atoms with E-state index in [-0.39, 0.29) is 17.7 Å². The number of fused-ring (bicyclic) bond motifs is 1. The van der Waals surface area contributed by atoms with E-state index >= 15 is 0 Å². The third-order valence-corrected chi connectivity index (χ3v) is 7.20. The Morgan fingerprint density at radius 1 is 0.895 bits per heavy atom. The number of nitrogens with one attached hydrogen (secondary N) is 3. The van der Waals surface area contributed by atoms with E-state index in [1.165, 1.54) is 5.56 Å². The van der Waals surface area contributed by atoms with Crippen LogP contribution < -0.4 is 10.6 Å². The first-order chi connectivity index (χ1) is 18.4. The molecule has 7 heteroatoms. The molecular weight excluding hydrogens is 496 g/mol. The number of nitrogens with zero attached hydrogens (tertiary/aromatic N) is 1. The van der Waals surface area contributed by atoms with E-state index in [1.807, 2.05) is 73.7 Å². The van der Waals surface area contributed by atoms with Gasteiger partial charge in [0.25, 0.3) is 5.91 Å². The average Bonchev–Trinajstić information content (AvgIpc) is 3.62. The van der Waals surface area contributed by atoms with E-state index in [0.717, 1.165) is 34.3 Å². The van der Waals surface area contributed by atoms with Gasteiger partial charge in [0.15, 0.2) is 0 Å². The third kappa shape index (κ3) is 4.91. The van der Waals surface area contributed by atoms with Gasteiger partial charge in [-0.2, -0.15) is 0 Å². The highest BCUT2D eigenvalue weighted by molar-refractivity contribution is 6.34. The van der Waals surface area contributed by atoms with Crippen molar-refractivity contribution in [1.82, 2.24) is 9.97 Å². The molecule has 3 N–H and O–H groups in total. The highest BCUT2D eigenvalue weighted by Crippen LogP contribution is 2.47. The Morgan fingerprint density at radius 2 is 1.66 bits per heavy atom. The lowest BCUT2D eigenvalue weighted by Gasteiger charge is -2.08. The van der Waals surface area contributed by atoms with Gasteiger partial charge in [0, 0.05) is 22.9 Å². The maximum Gasteiger partial charge on any atom is 0.257 e. The van der Waals surface area contributed by atoms with E-state index in [4.69, 9.17) is 11.6 Å². The summed E-state index contributed by atoms with van der Waals surface area (Å²) in [7, 11) is 0. The van der Waals surface area contributed by atoms with Crippen molar-refractivity contribution in [1.29, 1.82) is 0 Å². The molecule has 2 atom stereocenters. The van der Waals surface area contributed by atoms with Gasteiger partial charge in [0.1, 0.15) is 5.82 Å². The van der Waals surface area contributed by atoms with Crippen LogP contribution in [0.25, 0.3) is 22.4 Å². The smallest absolute Gasteiger partial charge is 0.257 e. The number of carbonyl (C=O) groups excluding carboxylic acids is 2. The van der Waals surface area contributed by atoms with Crippen molar-refractivity contribution < 1.29 is 9.59 Å². The average molecular weight is 521 g/mol. The minimum absolute atomic E-state index is 0.00598. The predicted molar refractivity (Wildman–Crippen MR) is 152 cm³/mol. The van der Waals surface area contributed by atoms with Crippen LogP contribution in [0, 0.1) is 12.8 Å². The molecule has 5 aromatic rings. The van der Waals surface area contributed by atoms with Crippen LogP contribution in [0.4, 0.5) is 11.4 Å². The minimum Gasteiger partial charge on any atom is -0.338 e. The summed E-state index contributed by atoms with van der Waals surface area (Å²) in [6, 6.07) is 28.6. The molecule has 0 saturated heterocycles. The molecule has 1 aliphatic rings.